The number of ether oxygens (including phenoxy) is 1. The van der Waals surface area contributed by atoms with Crippen molar-refractivity contribution in [2.45, 2.75) is 44.4 Å². The van der Waals surface area contributed by atoms with Gasteiger partial charge in [-0.15, -0.1) is 0 Å². The molecule has 5 rings (SSSR count). The largest absolute Gasteiger partial charge is 0.444 e. The van der Waals surface area contributed by atoms with E-state index < -0.39 is 6.17 Å². The summed E-state index contributed by atoms with van der Waals surface area (Å²) in [6, 6.07) is 27.0. The lowest BCUT2D eigenvalue weighted by Gasteiger charge is -2.36. The van der Waals surface area contributed by atoms with Crippen molar-refractivity contribution in [1.29, 1.82) is 0 Å². The molecule has 2 aliphatic heterocycles. The maximum absolute atomic E-state index is 13.9. The number of likely N-dealkylation sites (tertiary alicyclic amines) is 1. The number of carbonyl (C=O) groups excluding carboxylic acids is 2. The minimum absolute atomic E-state index is 0.104. The molecule has 2 aliphatic rings. The minimum atomic E-state index is -0.447. The average molecular weight is 467 g/mol. The zero-order valence-corrected chi connectivity index (χ0v) is 20.0. The molecule has 35 heavy (non-hydrogen) atoms. The summed E-state index contributed by atoms with van der Waals surface area (Å²) in [5.74, 6) is -0.104. The number of anilines is 1. The molecule has 5 nitrogen and oxygen atoms in total. The van der Waals surface area contributed by atoms with Crippen molar-refractivity contribution in [3.05, 3.63) is 114 Å². The summed E-state index contributed by atoms with van der Waals surface area (Å²) in [5, 5.41) is 0. The summed E-state index contributed by atoms with van der Waals surface area (Å²) < 4.78 is 5.75. The van der Waals surface area contributed by atoms with Crippen LogP contribution in [0.5, 0.6) is 0 Å². The molecular formula is C30H30N2O3. The quantitative estimate of drug-likeness (QED) is 0.400. The fraction of sp³-hybridized carbons (Fsp3) is 0.267. The van der Waals surface area contributed by atoms with E-state index in [9.17, 15) is 9.59 Å². The number of carbonyl (C=O) groups is 2. The van der Waals surface area contributed by atoms with Crippen LogP contribution < -0.4 is 4.90 Å². The lowest BCUT2D eigenvalue weighted by molar-refractivity contribution is 0.0798. The summed E-state index contributed by atoms with van der Waals surface area (Å²) in [5.41, 5.74) is 3.15. The standard InChI is InChI=1S/C30H30N2O3/c1-2-3-12-19-30-20-21-31(29(34)35-22-23-13-6-4-7-14-23)28(30)32(26-18-11-10-17-25(26)30)27(33)24-15-8-5-9-16-24/h3-18,28H,2,19-22H2,1H3/b12-3-/t28-,30+/m1/s1. The Morgan fingerprint density at radius 1 is 0.943 bits per heavy atom. The Labute approximate surface area is 206 Å². The van der Waals surface area contributed by atoms with Gasteiger partial charge in [0.2, 0.25) is 0 Å². The maximum Gasteiger partial charge on any atom is 0.411 e. The van der Waals surface area contributed by atoms with Gasteiger partial charge in [0.1, 0.15) is 12.8 Å². The third-order valence-electron chi connectivity index (χ3n) is 7.10. The van der Waals surface area contributed by atoms with Crippen LogP contribution in [0.15, 0.2) is 97.1 Å². The first-order valence-electron chi connectivity index (χ1n) is 12.3. The molecule has 0 aliphatic carbocycles. The van der Waals surface area contributed by atoms with Crippen LogP contribution in [0.3, 0.4) is 0 Å². The zero-order chi connectivity index (χ0) is 24.3. The van der Waals surface area contributed by atoms with E-state index in [4.69, 9.17) is 4.74 Å². The molecule has 1 fully saturated rings. The SMILES string of the molecule is CC/C=C\C[C@@]12CCN(C(=O)OCc3ccccc3)[C@@H]1N(C(=O)c1ccccc1)c1ccccc12. The molecule has 3 aromatic rings. The highest BCUT2D eigenvalue weighted by molar-refractivity contribution is 6.08. The molecule has 2 heterocycles. The molecule has 3 aromatic carbocycles. The highest BCUT2D eigenvalue weighted by atomic mass is 16.6. The monoisotopic (exact) mass is 466 g/mol. The van der Waals surface area contributed by atoms with Crippen molar-refractivity contribution in [3.63, 3.8) is 0 Å². The van der Waals surface area contributed by atoms with E-state index in [2.05, 4.69) is 25.1 Å². The van der Waals surface area contributed by atoms with Gasteiger partial charge in [0, 0.05) is 17.5 Å². The molecule has 0 spiro atoms. The van der Waals surface area contributed by atoms with Crippen LogP contribution in [-0.2, 0) is 16.8 Å². The Kier molecular flexibility index (Phi) is 6.41. The first kappa shape index (κ1) is 22.9. The fourth-order valence-corrected chi connectivity index (χ4v) is 5.48. The molecule has 5 heteroatoms. The molecule has 2 amide bonds. The topological polar surface area (TPSA) is 49.9 Å². The van der Waals surface area contributed by atoms with E-state index >= 15 is 0 Å². The van der Waals surface area contributed by atoms with Crippen molar-refractivity contribution >= 4 is 17.7 Å². The van der Waals surface area contributed by atoms with E-state index in [1.807, 2.05) is 83.8 Å². The molecule has 0 N–H and O–H groups in total. The first-order chi connectivity index (χ1) is 17.2. The molecule has 0 radical (unpaired) electrons. The second kappa shape index (κ2) is 9.79. The average Bonchev–Trinajstić information content (AvgIpc) is 3.41. The number of hydrogen-bond acceptors (Lipinski definition) is 3. The number of hydrogen-bond donors (Lipinski definition) is 0. The lowest BCUT2D eigenvalue weighted by atomic mass is 9.76. The predicted molar refractivity (Wildman–Crippen MR) is 137 cm³/mol. The third-order valence-corrected chi connectivity index (χ3v) is 7.10. The van der Waals surface area contributed by atoms with Gasteiger partial charge in [-0.3, -0.25) is 14.6 Å². The Morgan fingerprint density at radius 3 is 2.37 bits per heavy atom. The molecule has 0 saturated carbocycles. The van der Waals surface area contributed by atoms with Crippen LogP contribution >= 0.6 is 0 Å². The maximum atomic E-state index is 13.9. The summed E-state index contributed by atoms with van der Waals surface area (Å²) >= 11 is 0. The van der Waals surface area contributed by atoms with Crippen molar-refractivity contribution in [2.75, 3.05) is 11.4 Å². The van der Waals surface area contributed by atoms with Crippen LogP contribution in [0.2, 0.25) is 0 Å². The summed E-state index contributed by atoms with van der Waals surface area (Å²) in [4.78, 5) is 30.9. The van der Waals surface area contributed by atoms with Crippen LogP contribution in [0.25, 0.3) is 0 Å². The molecule has 2 atom stereocenters. The molecule has 1 saturated heterocycles. The summed E-state index contributed by atoms with van der Waals surface area (Å²) in [6.45, 7) is 2.84. The number of allylic oxidation sites excluding steroid dienone is 2. The van der Waals surface area contributed by atoms with Crippen LogP contribution in [0.4, 0.5) is 10.5 Å². The normalized spacial score (nSPS) is 20.7. The van der Waals surface area contributed by atoms with E-state index in [-0.39, 0.29) is 24.0 Å². The van der Waals surface area contributed by atoms with Gasteiger partial charge < -0.3 is 4.74 Å². The Bertz CT molecular complexity index is 1220. The second-order valence-corrected chi connectivity index (χ2v) is 9.16. The molecule has 0 bridgehead atoms. The van der Waals surface area contributed by atoms with Gasteiger partial charge in [-0.2, -0.15) is 0 Å². The number of nitrogens with zero attached hydrogens (tertiary/aromatic N) is 2. The number of fused-ring (bicyclic) bond motifs is 3. The fourth-order valence-electron chi connectivity index (χ4n) is 5.48. The van der Waals surface area contributed by atoms with Gasteiger partial charge in [-0.1, -0.05) is 85.8 Å². The Hall–Kier alpha value is -3.86. The van der Waals surface area contributed by atoms with Gasteiger partial charge in [0.25, 0.3) is 5.91 Å². The number of para-hydroxylation sites is 1. The van der Waals surface area contributed by atoms with E-state index in [0.29, 0.717) is 12.1 Å². The highest BCUT2D eigenvalue weighted by Gasteiger charge is 2.59. The number of amides is 2. The van der Waals surface area contributed by atoms with E-state index in [1.165, 1.54) is 0 Å². The van der Waals surface area contributed by atoms with Gasteiger partial charge in [0.15, 0.2) is 0 Å². The van der Waals surface area contributed by atoms with Crippen molar-refractivity contribution in [2.24, 2.45) is 0 Å². The van der Waals surface area contributed by atoms with Gasteiger partial charge in [-0.05, 0) is 48.6 Å². The van der Waals surface area contributed by atoms with Crippen LogP contribution in [-0.4, -0.2) is 29.6 Å². The molecular weight excluding hydrogens is 436 g/mol. The van der Waals surface area contributed by atoms with Crippen molar-refractivity contribution in [1.82, 2.24) is 4.90 Å². The molecule has 178 valence electrons. The smallest absolute Gasteiger partial charge is 0.411 e. The third kappa shape index (κ3) is 4.12. The van der Waals surface area contributed by atoms with Gasteiger partial charge in [-0.25, -0.2) is 4.79 Å². The van der Waals surface area contributed by atoms with Crippen LogP contribution in [0, 0.1) is 0 Å². The molecule has 0 unspecified atom stereocenters. The molecule has 0 aromatic heterocycles. The Morgan fingerprint density at radius 2 is 1.63 bits per heavy atom. The van der Waals surface area contributed by atoms with Gasteiger partial charge in [0.05, 0.1) is 5.69 Å². The summed E-state index contributed by atoms with van der Waals surface area (Å²) in [7, 11) is 0. The minimum Gasteiger partial charge on any atom is -0.444 e. The highest BCUT2D eigenvalue weighted by Crippen LogP contribution is 2.54. The predicted octanol–water partition coefficient (Wildman–Crippen LogP) is 6.31. The van der Waals surface area contributed by atoms with Gasteiger partial charge >= 0.3 is 6.09 Å². The zero-order valence-electron chi connectivity index (χ0n) is 20.0. The van der Waals surface area contributed by atoms with E-state index in [1.54, 1.807) is 4.90 Å². The second-order valence-electron chi connectivity index (χ2n) is 9.16. The number of rotatable bonds is 6. The lowest BCUT2D eigenvalue weighted by Crippen LogP contribution is -2.54. The summed E-state index contributed by atoms with van der Waals surface area (Å²) in [6.07, 6.45) is 5.98. The first-order valence-corrected chi connectivity index (χ1v) is 12.3. The van der Waals surface area contributed by atoms with E-state index in [0.717, 1.165) is 36.1 Å². The van der Waals surface area contributed by atoms with Crippen molar-refractivity contribution in [3.8, 4) is 0 Å². The number of benzene rings is 3. The Balaban J connectivity index is 1.53. The van der Waals surface area contributed by atoms with Crippen molar-refractivity contribution < 1.29 is 14.3 Å². The van der Waals surface area contributed by atoms with Crippen LogP contribution in [0.1, 0.15) is 47.7 Å².